The van der Waals surface area contributed by atoms with E-state index in [9.17, 15) is 4.79 Å². The lowest BCUT2D eigenvalue weighted by Gasteiger charge is -1.98. The van der Waals surface area contributed by atoms with E-state index in [0.717, 1.165) is 5.56 Å². The van der Waals surface area contributed by atoms with Gasteiger partial charge in [0.2, 0.25) is 0 Å². The Labute approximate surface area is 83.8 Å². The second kappa shape index (κ2) is 5.86. The minimum Gasteiger partial charge on any atom is -0.513 e. The van der Waals surface area contributed by atoms with Gasteiger partial charge in [-0.15, -0.1) is 0 Å². The number of hydrogen-bond donors (Lipinski definition) is 0. The van der Waals surface area contributed by atoms with Gasteiger partial charge in [0.1, 0.15) is 6.61 Å². The molecule has 0 aromatic heterocycles. The standard InChI is InChI=1S/C10H11BO3/c11-14-10(12)13-8-4-7-9-5-2-1-3-6-9/h1-7H,8,11H2/b7-4+. The zero-order chi connectivity index (χ0) is 10.2. The van der Waals surface area contributed by atoms with E-state index in [4.69, 9.17) is 0 Å². The highest BCUT2D eigenvalue weighted by Gasteiger charge is 1.94. The molecule has 0 aliphatic rings. The van der Waals surface area contributed by atoms with Crippen molar-refractivity contribution >= 4 is 20.3 Å². The summed E-state index contributed by atoms with van der Waals surface area (Å²) in [5, 5.41) is 0. The van der Waals surface area contributed by atoms with Crippen LogP contribution in [0.3, 0.4) is 0 Å². The van der Waals surface area contributed by atoms with Gasteiger partial charge in [-0.25, -0.2) is 4.79 Å². The molecule has 0 unspecified atom stereocenters. The smallest absolute Gasteiger partial charge is 0.489 e. The third-order valence-electron chi connectivity index (χ3n) is 1.57. The van der Waals surface area contributed by atoms with Crippen LogP contribution in [0.1, 0.15) is 5.56 Å². The Morgan fingerprint density at radius 2 is 2.07 bits per heavy atom. The molecule has 14 heavy (non-hydrogen) atoms. The zero-order valence-electron chi connectivity index (χ0n) is 7.97. The number of carbonyl (C=O) groups is 1. The first-order valence-electron chi connectivity index (χ1n) is 4.25. The van der Waals surface area contributed by atoms with E-state index >= 15 is 0 Å². The average Bonchev–Trinajstić information content (AvgIpc) is 2.25. The van der Waals surface area contributed by atoms with Crippen LogP contribution in [0.2, 0.25) is 0 Å². The van der Waals surface area contributed by atoms with Gasteiger partial charge in [0.05, 0.1) is 0 Å². The maximum atomic E-state index is 10.5. The highest BCUT2D eigenvalue weighted by molar-refractivity contribution is 6.04. The van der Waals surface area contributed by atoms with Gasteiger partial charge in [0, 0.05) is 0 Å². The molecular formula is C10H11BO3. The molecule has 1 rings (SSSR count). The quantitative estimate of drug-likeness (QED) is 0.533. The lowest BCUT2D eigenvalue weighted by molar-refractivity contribution is 0.113. The summed E-state index contributed by atoms with van der Waals surface area (Å²) in [6, 6.07) is 9.77. The molecule has 0 aliphatic heterocycles. The van der Waals surface area contributed by atoms with Crippen molar-refractivity contribution in [3.05, 3.63) is 42.0 Å². The van der Waals surface area contributed by atoms with E-state index in [-0.39, 0.29) is 6.61 Å². The van der Waals surface area contributed by atoms with Crippen LogP contribution in [-0.4, -0.2) is 20.8 Å². The van der Waals surface area contributed by atoms with Crippen LogP contribution in [0.4, 0.5) is 4.79 Å². The molecule has 1 aromatic rings. The third kappa shape index (κ3) is 3.80. The Hall–Kier alpha value is -1.71. The van der Waals surface area contributed by atoms with Crippen LogP contribution in [-0.2, 0) is 9.39 Å². The van der Waals surface area contributed by atoms with Crippen LogP contribution in [0.5, 0.6) is 0 Å². The Morgan fingerprint density at radius 3 is 2.71 bits per heavy atom. The molecule has 0 N–H and O–H groups in total. The lowest BCUT2D eigenvalue weighted by atomic mass is 10.2. The van der Waals surface area contributed by atoms with E-state index in [1.54, 1.807) is 6.08 Å². The fourth-order valence-corrected chi connectivity index (χ4v) is 0.923. The topological polar surface area (TPSA) is 35.5 Å². The minimum atomic E-state index is -0.664. The van der Waals surface area contributed by atoms with Gasteiger partial charge < -0.3 is 9.39 Å². The summed E-state index contributed by atoms with van der Waals surface area (Å²) < 4.78 is 8.97. The van der Waals surface area contributed by atoms with Gasteiger partial charge >= 0.3 is 14.2 Å². The second-order valence-corrected chi connectivity index (χ2v) is 2.58. The van der Waals surface area contributed by atoms with Gasteiger partial charge in [-0.05, 0) is 11.6 Å². The van der Waals surface area contributed by atoms with Crippen molar-refractivity contribution in [2.24, 2.45) is 0 Å². The van der Waals surface area contributed by atoms with Crippen molar-refractivity contribution in [2.45, 2.75) is 0 Å². The maximum Gasteiger partial charge on any atom is 0.489 e. The fraction of sp³-hybridized carbons (Fsp3) is 0.100. The van der Waals surface area contributed by atoms with Crippen LogP contribution in [0.15, 0.2) is 36.4 Å². The van der Waals surface area contributed by atoms with Crippen molar-refractivity contribution in [3.63, 3.8) is 0 Å². The molecule has 0 bridgehead atoms. The molecule has 0 radical (unpaired) electrons. The van der Waals surface area contributed by atoms with Crippen molar-refractivity contribution < 1.29 is 14.2 Å². The summed E-state index contributed by atoms with van der Waals surface area (Å²) in [7, 11) is 1.28. The number of carbonyl (C=O) groups excluding carboxylic acids is 1. The first-order chi connectivity index (χ1) is 6.83. The summed E-state index contributed by atoms with van der Waals surface area (Å²) in [6.45, 7) is 0.224. The van der Waals surface area contributed by atoms with Crippen LogP contribution >= 0.6 is 0 Å². The summed E-state index contributed by atoms with van der Waals surface area (Å²) in [5.74, 6) is 0. The number of benzene rings is 1. The molecule has 0 atom stereocenters. The maximum absolute atomic E-state index is 10.5. The zero-order valence-corrected chi connectivity index (χ0v) is 7.97. The predicted octanol–water partition coefficient (Wildman–Crippen LogP) is 1.40. The molecule has 0 spiro atoms. The molecule has 0 heterocycles. The Balaban J connectivity index is 2.31. The van der Waals surface area contributed by atoms with Gasteiger partial charge in [-0.1, -0.05) is 36.4 Å². The molecule has 0 fully saturated rings. The molecule has 1 aromatic carbocycles. The number of ether oxygens (including phenoxy) is 1. The number of hydrogen-bond acceptors (Lipinski definition) is 3. The van der Waals surface area contributed by atoms with Crippen molar-refractivity contribution in [2.75, 3.05) is 6.61 Å². The van der Waals surface area contributed by atoms with E-state index in [1.807, 2.05) is 36.4 Å². The lowest BCUT2D eigenvalue weighted by Crippen LogP contribution is -2.04. The van der Waals surface area contributed by atoms with Gasteiger partial charge in [-0.3, -0.25) is 0 Å². The number of rotatable bonds is 3. The third-order valence-corrected chi connectivity index (χ3v) is 1.57. The minimum absolute atomic E-state index is 0.224. The molecule has 0 aliphatic carbocycles. The molecule has 0 amide bonds. The fourth-order valence-electron chi connectivity index (χ4n) is 0.923. The van der Waals surface area contributed by atoms with Crippen LogP contribution in [0.25, 0.3) is 6.08 Å². The van der Waals surface area contributed by atoms with Crippen LogP contribution in [0, 0.1) is 0 Å². The summed E-state index contributed by atoms with van der Waals surface area (Å²) in [6.07, 6.45) is 2.97. The van der Waals surface area contributed by atoms with Crippen LogP contribution < -0.4 is 0 Å². The van der Waals surface area contributed by atoms with Crippen molar-refractivity contribution in [3.8, 4) is 0 Å². The molecular weight excluding hydrogens is 179 g/mol. The van der Waals surface area contributed by atoms with Crippen molar-refractivity contribution in [1.29, 1.82) is 0 Å². The predicted molar refractivity (Wildman–Crippen MR) is 56.5 cm³/mol. The largest absolute Gasteiger partial charge is 0.513 e. The van der Waals surface area contributed by atoms with E-state index < -0.39 is 6.16 Å². The molecule has 72 valence electrons. The van der Waals surface area contributed by atoms with Gasteiger partial charge in [0.15, 0.2) is 0 Å². The molecule has 0 saturated heterocycles. The van der Waals surface area contributed by atoms with Gasteiger partial charge in [0.25, 0.3) is 0 Å². The molecule has 4 heteroatoms. The SMILES string of the molecule is BOC(=O)OC/C=C/c1ccccc1. The monoisotopic (exact) mass is 190 g/mol. The Bertz CT molecular complexity index is 308. The van der Waals surface area contributed by atoms with E-state index in [0.29, 0.717) is 0 Å². The average molecular weight is 190 g/mol. The van der Waals surface area contributed by atoms with E-state index in [1.165, 1.54) is 8.05 Å². The first-order valence-corrected chi connectivity index (χ1v) is 4.25. The Kier molecular flexibility index (Phi) is 4.34. The molecule has 3 nitrogen and oxygen atoms in total. The first kappa shape index (κ1) is 10.4. The highest BCUT2D eigenvalue weighted by atomic mass is 16.7. The molecule has 0 saturated carbocycles. The normalized spacial score (nSPS) is 10.0. The summed E-state index contributed by atoms with van der Waals surface area (Å²) in [4.78, 5) is 10.5. The van der Waals surface area contributed by atoms with Gasteiger partial charge in [-0.2, -0.15) is 0 Å². The van der Waals surface area contributed by atoms with E-state index in [2.05, 4.69) is 9.39 Å². The van der Waals surface area contributed by atoms with Crippen molar-refractivity contribution in [1.82, 2.24) is 0 Å². The second-order valence-electron chi connectivity index (χ2n) is 2.58. The summed E-state index contributed by atoms with van der Waals surface area (Å²) in [5.41, 5.74) is 1.07. The highest BCUT2D eigenvalue weighted by Crippen LogP contribution is 2.00. The summed E-state index contributed by atoms with van der Waals surface area (Å²) >= 11 is 0. The Morgan fingerprint density at radius 1 is 1.36 bits per heavy atom.